The highest BCUT2D eigenvalue weighted by Gasteiger charge is 2.15. The van der Waals surface area contributed by atoms with Crippen LogP contribution in [-0.2, 0) is 10.2 Å². The first-order chi connectivity index (χ1) is 6.29. The van der Waals surface area contributed by atoms with E-state index in [0.29, 0.717) is 5.76 Å². The molecule has 14 heavy (non-hydrogen) atoms. The predicted octanol–water partition coefficient (Wildman–Crippen LogP) is 0.751. The zero-order valence-electron chi connectivity index (χ0n) is 8.37. The first-order valence-corrected chi connectivity index (χ1v) is 5.71. The first-order valence-electron chi connectivity index (χ1n) is 4.16. The van der Waals surface area contributed by atoms with Crippen LogP contribution in [0.2, 0.25) is 0 Å². The van der Waals surface area contributed by atoms with Gasteiger partial charge in [0, 0.05) is 11.6 Å². The maximum Gasteiger partial charge on any atom is 0.274 e. The van der Waals surface area contributed by atoms with Gasteiger partial charge < -0.3 is 4.42 Å². The number of aryl methyl sites for hydroxylation is 2. The summed E-state index contributed by atoms with van der Waals surface area (Å²) >= 11 is 0. The van der Waals surface area contributed by atoms with Crippen molar-refractivity contribution in [3.05, 3.63) is 23.2 Å². The van der Waals surface area contributed by atoms with E-state index in [-0.39, 0.29) is 6.04 Å². The van der Waals surface area contributed by atoms with Crippen molar-refractivity contribution < 1.29 is 12.8 Å². The summed E-state index contributed by atoms with van der Waals surface area (Å²) in [6.07, 6.45) is 0. The van der Waals surface area contributed by atoms with E-state index in [1.165, 1.54) is 0 Å². The Morgan fingerprint density at radius 1 is 1.50 bits per heavy atom. The highest BCUT2D eigenvalue weighted by molar-refractivity contribution is 7.87. The minimum Gasteiger partial charge on any atom is -0.466 e. The molecule has 0 bridgehead atoms. The largest absolute Gasteiger partial charge is 0.466 e. The van der Waals surface area contributed by atoms with Crippen molar-refractivity contribution in [1.29, 1.82) is 0 Å². The van der Waals surface area contributed by atoms with Gasteiger partial charge >= 0.3 is 0 Å². The molecule has 0 aromatic carbocycles. The molecule has 0 aliphatic rings. The van der Waals surface area contributed by atoms with Gasteiger partial charge in [-0.2, -0.15) is 13.1 Å². The molecule has 3 N–H and O–H groups in total. The quantitative estimate of drug-likeness (QED) is 0.785. The molecule has 0 aliphatic heterocycles. The molecule has 1 rings (SSSR count). The lowest BCUT2D eigenvalue weighted by Gasteiger charge is -2.10. The minimum absolute atomic E-state index is 0.373. The number of rotatable bonds is 3. The van der Waals surface area contributed by atoms with E-state index in [1.807, 2.05) is 0 Å². The van der Waals surface area contributed by atoms with Crippen molar-refractivity contribution >= 4 is 10.2 Å². The number of nitrogens with two attached hydrogens (primary N) is 1. The highest BCUT2D eigenvalue weighted by atomic mass is 32.2. The SMILES string of the molecule is Cc1cc(C(C)NS(N)(=O)=O)c(C)o1. The van der Waals surface area contributed by atoms with Crippen LogP contribution in [0, 0.1) is 13.8 Å². The molecule has 0 fully saturated rings. The fourth-order valence-electron chi connectivity index (χ4n) is 1.39. The van der Waals surface area contributed by atoms with Gasteiger partial charge in [-0.25, -0.2) is 5.14 Å². The van der Waals surface area contributed by atoms with Crippen LogP contribution in [0.3, 0.4) is 0 Å². The molecular formula is C8H14N2O3S. The molecule has 80 valence electrons. The monoisotopic (exact) mass is 218 g/mol. The summed E-state index contributed by atoms with van der Waals surface area (Å²) in [5.74, 6) is 1.45. The fraction of sp³-hybridized carbons (Fsp3) is 0.500. The highest BCUT2D eigenvalue weighted by Crippen LogP contribution is 2.21. The zero-order valence-corrected chi connectivity index (χ0v) is 9.18. The normalized spacial score (nSPS) is 14.3. The second kappa shape index (κ2) is 3.72. The summed E-state index contributed by atoms with van der Waals surface area (Å²) in [5, 5.41) is 4.86. The molecule has 0 saturated carbocycles. The van der Waals surface area contributed by atoms with Gasteiger partial charge in [0.15, 0.2) is 0 Å². The van der Waals surface area contributed by atoms with Gasteiger partial charge in [0.05, 0.1) is 0 Å². The van der Waals surface area contributed by atoms with Crippen LogP contribution in [0.4, 0.5) is 0 Å². The molecule has 1 aromatic heterocycles. The number of nitrogens with one attached hydrogen (secondary N) is 1. The lowest BCUT2D eigenvalue weighted by Crippen LogP contribution is -2.33. The van der Waals surface area contributed by atoms with E-state index >= 15 is 0 Å². The third-order valence-corrected chi connectivity index (χ3v) is 2.57. The number of furan rings is 1. The van der Waals surface area contributed by atoms with Crippen LogP contribution in [0.5, 0.6) is 0 Å². The van der Waals surface area contributed by atoms with Crippen LogP contribution in [0.1, 0.15) is 30.0 Å². The Bertz CT molecular complexity index is 422. The van der Waals surface area contributed by atoms with E-state index in [9.17, 15) is 8.42 Å². The number of hydrogen-bond acceptors (Lipinski definition) is 3. The molecule has 6 heteroatoms. The van der Waals surface area contributed by atoms with E-state index in [2.05, 4.69) is 4.72 Å². The van der Waals surface area contributed by atoms with Crippen LogP contribution in [0.25, 0.3) is 0 Å². The lowest BCUT2D eigenvalue weighted by atomic mass is 10.1. The van der Waals surface area contributed by atoms with Crippen LogP contribution in [-0.4, -0.2) is 8.42 Å². The van der Waals surface area contributed by atoms with Crippen molar-refractivity contribution in [2.45, 2.75) is 26.8 Å². The summed E-state index contributed by atoms with van der Waals surface area (Å²) < 4.78 is 29.1. The molecule has 0 saturated heterocycles. The summed E-state index contributed by atoms with van der Waals surface area (Å²) in [7, 11) is -3.67. The van der Waals surface area contributed by atoms with E-state index in [4.69, 9.17) is 9.56 Å². The molecule has 0 amide bonds. The van der Waals surface area contributed by atoms with Crippen molar-refractivity contribution in [3.63, 3.8) is 0 Å². The Hall–Kier alpha value is -0.850. The second-order valence-corrected chi connectivity index (χ2v) is 4.58. The molecule has 1 heterocycles. The maximum atomic E-state index is 10.8. The van der Waals surface area contributed by atoms with Gasteiger partial charge in [-0.1, -0.05) is 0 Å². The van der Waals surface area contributed by atoms with Gasteiger partial charge in [-0.05, 0) is 26.8 Å². The molecule has 1 unspecified atom stereocenters. The minimum atomic E-state index is -3.67. The van der Waals surface area contributed by atoms with Crippen molar-refractivity contribution in [3.8, 4) is 0 Å². The van der Waals surface area contributed by atoms with Gasteiger partial charge in [0.2, 0.25) is 0 Å². The molecule has 1 atom stereocenters. The zero-order chi connectivity index (χ0) is 10.9. The first kappa shape index (κ1) is 11.2. The Labute approximate surface area is 83.5 Å². The van der Waals surface area contributed by atoms with Gasteiger partial charge in [-0.3, -0.25) is 0 Å². The van der Waals surface area contributed by atoms with E-state index in [1.54, 1.807) is 26.8 Å². The summed E-state index contributed by atoms with van der Waals surface area (Å²) in [6.45, 7) is 5.30. The van der Waals surface area contributed by atoms with Gasteiger partial charge in [0.25, 0.3) is 10.2 Å². The van der Waals surface area contributed by atoms with Crippen LogP contribution in [0.15, 0.2) is 10.5 Å². The van der Waals surface area contributed by atoms with E-state index < -0.39 is 10.2 Å². The third-order valence-electron chi connectivity index (χ3n) is 1.89. The molecule has 0 aliphatic carbocycles. The maximum absolute atomic E-state index is 10.8. The van der Waals surface area contributed by atoms with Gasteiger partial charge in [-0.15, -0.1) is 0 Å². The molecule has 1 aromatic rings. The average Bonchev–Trinajstić information content (AvgIpc) is 2.26. The topological polar surface area (TPSA) is 85.3 Å². The Kier molecular flexibility index (Phi) is 2.98. The van der Waals surface area contributed by atoms with Crippen molar-refractivity contribution in [2.75, 3.05) is 0 Å². The second-order valence-electron chi connectivity index (χ2n) is 3.25. The number of hydrogen-bond donors (Lipinski definition) is 2. The van der Waals surface area contributed by atoms with Crippen molar-refractivity contribution in [2.24, 2.45) is 5.14 Å². The lowest BCUT2D eigenvalue weighted by molar-refractivity contribution is 0.496. The van der Waals surface area contributed by atoms with Crippen LogP contribution >= 0.6 is 0 Å². The summed E-state index contributed by atoms with van der Waals surface area (Å²) in [6, 6.07) is 1.42. The smallest absolute Gasteiger partial charge is 0.274 e. The standard InChI is InChI=1S/C8H14N2O3S/c1-5-4-8(7(3)13-5)6(2)10-14(9,11)12/h4,6,10H,1-3H3,(H2,9,11,12). The molecular weight excluding hydrogens is 204 g/mol. The average molecular weight is 218 g/mol. The molecule has 0 radical (unpaired) electrons. The third kappa shape index (κ3) is 2.83. The van der Waals surface area contributed by atoms with Crippen molar-refractivity contribution in [1.82, 2.24) is 4.72 Å². The predicted molar refractivity (Wildman–Crippen MR) is 52.8 cm³/mol. The Balaban J connectivity index is 2.90. The van der Waals surface area contributed by atoms with Gasteiger partial charge in [0.1, 0.15) is 11.5 Å². The molecule has 5 nitrogen and oxygen atoms in total. The fourth-order valence-corrected chi connectivity index (χ4v) is 2.01. The van der Waals surface area contributed by atoms with E-state index in [0.717, 1.165) is 11.3 Å². The summed E-state index contributed by atoms with van der Waals surface area (Å²) in [5.41, 5.74) is 0.802. The van der Waals surface area contributed by atoms with Crippen LogP contribution < -0.4 is 9.86 Å². The Morgan fingerprint density at radius 3 is 2.43 bits per heavy atom. The Morgan fingerprint density at radius 2 is 2.07 bits per heavy atom. The molecule has 0 spiro atoms. The summed E-state index contributed by atoms with van der Waals surface area (Å²) in [4.78, 5) is 0.